The van der Waals surface area contributed by atoms with Crippen LogP contribution in [-0.2, 0) is 0 Å². The summed E-state index contributed by atoms with van der Waals surface area (Å²) in [5, 5.41) is 0. The molecule has 2 rings (SSSR count). The second kappa shape index (κ2) is 6.06. The molecule has 1 aromatic heterocycles. The van der Waals surface area contributed by atoms with Crippen LogP contribution in [0.5, 0.6) is 0 Å². The molecule has 2 aromatic rings. The molecular weight excluding hydrogens is 519 g/mol. The smallest absolute Gasteiger partial charge is 0.107 e. The topological polar surface area (TPSA) is 0 Å². The van der Waals surface area contributed by atoms with Crippen LogP contribution in [0.15, 0.2) is 37.7 Å². The van der Waals surface area contributed by atoms with Gasteiger partial charge in [0.15, 0.2) is 0 Å². The first-order chi connectivity index (χ1) is 7.99. The summed E-state index contributed by atoms with van der Waals surface area (Å²) in [4.78, 5) is 1.30. The van der Waals surface area contributed by atoms with E-state index in [-0.39, 0.29) is 4.83 Å². The quantitative estimate of drug-likeness (QED) is 0.366. The number of benzene rings is 1. The maximum Gasteiger partial charge on any atom is 0.107 e. The van der Waals surface area contributed by atoms with Crippen LogP contribution in [0.25, 0.3) is 0 Å². The zero-order valence-corrected chi connectivity index (χ0v) is 16.1. The summed E-state index contributed by atoms with van der Waals surface area (Å²) in [6, 6.07) is 8.16. The summed E-state index contributed by atoms with van der Waals surface area (Å²) in [7, 11) is 0. The Bertz CT molecular complexity index is 533. The fourth-order valence-corrected chi connectivity index (χ4v) is 5.04. The molecule has 0 aliphatic rings. The van der Waals surface area contributed by atoms with Gasteiger partial charge >= 0.3 is 0 Å². The van der Waals surface area contributed by atoms with Gasteiger partial charge in [0.1, 0.15) is 4.34 Å². The van der Waals surface area contributed by atoms with Crippen LogP contribution in [0, 0.1) is 0 Å². The van der Waals surface area contributed by atoms with Crippen LogP contribution in [-0.4, -0.2) is 0 Å². The Balaban J connectivity index is 2.42. The molecule has 0 radical (unpaired) electrons. The zero-order chi connectivity index (χ0) is 12.6. The van der Waals surface area contributed by atoms with Crippen molar-refractivity contribution >= 4 is 86.7 Å². The molecule has 0 saturated heterocycles. The summed E-state index contributed by atoms with van der Waals surface area (Å²) in [6.45, 7) is 0. The van der Waals surface area contributed by atoms with E-state index < -0.39 is 0 Å². The first kappa shape index (κ1) is 14.5. The molecule has 90 valence electrons. The Hall–Kier alpha value is 1.13. The lowest BCUT2D eigenvalue weighted by Gasteiger charge is -2.10. The van der Waals surface area contributed by atoms with Crippen LogP contribution in [0.4, 0.5) is 0 Å². The summed E-state index contributed by atoms with van der Waals surface area (Å²) in [6.07, 6.45) is 0. The molecule has 17 heavy (non-hydrogen) atoms. The van der Waals surface area contributed by atoms with Crippen molar-refractivity contribution in [3.63, 3.8) is 0 Å². The van der Waals surface area contributed by atoms with Gasteiger partial charge in [-0.3, -0.25) is 0 Å². The molecular formula is C11H5Br4ClS. The second-order valence-corrected chi connectivity index (χ2v) is 8.52. The molecule has 0 aliphatic carbocycles. The average Bonchev–Trinajstić information content (AvgIpc) is 2.62. The second-order valence-electron chi connectivity index (χ2n) is 3.30. The van der Waals surface area contributed by atoms with Crippen molar-refractivity contribution in [1.82, 2.24) is 0 Å². The van der Waals surface area contributed by atoms with E-state index in [1.807, 2.05) is 18.2 Å². The van der Waals surface area contributed by atoms with Crippen LogP contribution in [0.1, 0.15) is 15.3 Å². The zero-order valence-electron chi connectivity index (χ0n) is 8.18. The number of thiophene rings is 1. The van der Waals surface area contributed by atoms with E-state index in [2.05, 4.69) is 69.8 Å². The van der Waals surface area contributed by atoms with Gasteiger partial charge in [-0.05, 0) is 45.8 Å². The standard InChI is InChI=1S/C11H5Br4ClS/c12-5-1-2-7(13)6(3-5)10(15)9-4-8(14)11(16)17-9/h1-4,10H. The van der Waals surface area contributed by atoms with Crippen molar-refractivity contribution in [2.75, 3.05) is 0 Å². The van der Waals surface area contributed by atoms with Crippen molar-refractivity contribution < 1.29 is 0 Å². The normalized spacial score (nSPS) is 12.8. The van der Waals surface area contributed by atoms with Crippen molar-refractivity contribution in [3.05, 3.63) is 52.5 Å². The first-order valence-electron chi connectivity index (χ1n) is 4.53. The molecule has 0 amide bonds. The van der Waals surface area contributed by atoms with Crippen molar-refractivity contribution in [2.45, 2.75) is 4.83 Å². The Kier molecular flexibility index (Phi) is 5.18. The predicted molar refractivity (Wildman–Crippen MR) is 89.6 cm³/mol. The number of alkyl halides is 1. The van der Waals surface area contributed by atoms with E-state index in [1.165, 1.54) is 10.4 Å². The molecule has 0 saturated carbocycles. The van der Waals surface area contributed by atoms with Gasteiger partial charge in [0.2, 0.25) is 0 Å². The maximum atomic E-state index is 6.06. The van der Waals surface area contributed by atoms with E-state index in [1.54, 1.807) is 11.3 Å². The van der Waals surface area contributed by atoms with Gasteiger partial charge in [0.05, 0.1) is 4.83 Å². The number of halogens is 5. The minimum absolute atomic E-state index is 0.128. The lowest BCUT2D eigenvalue weighted by Crippen LogP contribution is -1.91. The van der Waals surface area contributed by atoms with Gasteiger partial charge in [-0.2, -0.15) is 0 Å². The monoisotopic (exact) mass is 520 g/mol. The molecule has 0 spiro atoms. The number of hydrogen-bond donors (Lipinski definition) is 0. The van der Waals surface area contributed by atoms with Gasteiger partial charge in [-0.15, -0.1) is 11.3 Å². The Morgan fingerprint density at radius 1 is 1.06 bits per heavy atom. The summed E-state index contributed by atoms with van der Waals surface area (Å²) < 4.78 is 3.84. The Labute approximate surface area is 142 Å². The van der Waals surface area contributed by atoms with E-state index in [0.717, 1.165) is 17.8 Å². The SMILES string of the molecule is Clc1sc(C(Br)c2cc(Br)ccc2Br)cc1Br. The van der Waals surface area contributed by atoms with Crippen LogP contribution in [0.2, 0.25) is 4.34 Å². The van der Waals surface area contributed by atoms with Crippen molar-refractivity contribution in [3.8, 4) is 0 Å². The van der Waals surface area contributed by atoms with Crippen molar-refractivity contribution in [2.24, 2.45) is 0 Å². The first-order valence-corrected chi connectivity index (χ1v) is 9.01. The largest absolute Gasteiger partial charge is 0.126 e. The van der Waals surface area contributed by atoms with Gasteiger partial charge in [0.25, 0.3) is 0 Å². The van der Waals surface area contributed by atoms with E-state index in [4.69, 9.17) is 11.6 Å². The van der Waals surface area contributed by atoms with E-state index >= 15 is 0 Å². The highest BCUT2D eigenvalue weighted by Gasteiger charge is 2.17. The molecule has 1 heterocycles. The molecule has 0 aliphatic heterocycles. The van der Waals surface area contributed by atoms with Gasteiger partial charge in [0, 0.05) is 18.3 Å². The number of hydrogen-bond acceptors (Lipinski definition) is 1. The lowest BCUT2D eigenvalue weighted by atomic mass is 10.1. The van der Waals surface area contributed by atoms with E-state index in [0.29, 0.717) is 0 Å². The lowest BCUT2D eigenvalue weighted by molar-refractivity contribution is 1.20. The number of rotatable bonds is 2. The van der Waals surface area contributed by atoms with Crippen LogP contribution >= 0.6 is 86.7 Å². The molecule has 1 atom stereocenters. The minimum atomic E-state index is 0.128. The van der Waals surface area contributed by atoms with Crippen LogP contribution in [0.3, 0.4) is 0 Å². The third-order valence-corrected chi connectivity index (χ3v) is 7.19. The molecule has 0 bridgehead atoms. The van der Waals surface area contributed by atoms with Crippen LogP contribution < -0.4 is 0 Å². The fraction of sp³-hybridized carbons (Fsp3) is 0.0909. The molecule has 0 N–H and O–H groups in total. The summed E-state index contributed by atoms with van der Waals surface area (Å²) >= 11 is 21.8. The molecule has 1 unspecified atom stereocenters. The Morgan fingerprint density at radius 3 is 2.35 bits per heavy atom. The molecule has 1 aromatic carbocycles. The highest BCUT2D eigenvalue weighted by Crippen LogP contribution is 2.43. The third-order valence-electron chi connectivity index (χ3n) is 2.15. The minimum Gasteiger partial charge on any atom is -0.126 e. The van der Waals surface area contributed by atoms with Gasteiger partial charge in [-0.25, -0.2) is 0 Å². The Morgan fingerprint density at radius 2 is 1.76 bits per heavy atom. The predicted octanol–water partition coefficient (Wildman–Crippen LogP) is 7.17. The van der Waals surface area contributed by atoms with Gasteiger partial charge < -0.3 is 0 Å². The molecule has 0 fully saturated rings. The molecule has 0 nitrogen and oxygen atoms in total. The van der Waals surface area contributed by atoms with Gasteiger partial charge in [-0.1, -0.05) is 59.4 Å². The fourth-order valence-electron chi connectivity index (χ4n) is 1.35. The highest BCUT2D eigenvalue weighted by molar-refractivity contribution is 9.11. The third kappa shape index (κ3) is 3.37. The van der Waals surface area contributed by atoms with E-state index in [9.17, 15) is 0 Å². The summed E-state index contributed by atoms with van der Waals surface area (Å²) in [5.41, 5.74) is 1.17. The average molecular weight is 524 g/mol. The van der Waals surface area contributed by atoms with Crippen molar-refractivity contribution in [1.29, 1.82) is 0 Å². The molecule has 6 heteroatoms. The maximum absolute atomic E-state index is 6.06. The highest BCUT2D eigenvalue weighted by atomic mass is 79.9. The summed E-state index contributed by atoms with van der Waals surface area (Å²) in [5.74, 6) is 0.